The van der Waals surface area contributed by atoms with Crippen LogP contribution in [0.3, 0.4) is 0 Å². The average molecular weight is 438 g/mol. The molecule has 2 aromatic rings. The van der Waals surface area contributed by atoms with Crippen LogP contribution in [0.2, 0.25) is 5.02 Å². The summed E-state index contributed by atoms with van der Waals surface area (Å²) in [5.74, 6) is 0.167. The molecule has 0 radical (unpaired) electrons. The standard InChI is InChI=1S/C21H24ClN3OS.ClH/c1-2-16-21(26)23-10-13-24(16)11-5-12-25-17-6-3-4-7-19(17)27-20-9-8-15(22)14-18(20)25;/h3-4,6-9,14,16H,2,5,10-13H2,1H3,(H,23,26);1H. The van der Waals surface area contributed by atoms with Crippen LogP contribution < -0.4 is 10.2 Å². The van der Waals surface area contributed by atoms with Gasteiger partial charge in [-0.2, -0.15) is 0 Å². The highest BCUT2D eigenvalue weighted by Gasteiger charge is 2.28. The van der Waals surface area contributed by atoms with E-state index in [1.807, 2.05) is 6.07 Å². The van der Waals surface area contributed by atoms with E-state index in [2.05, 4.69) is 58.4 Å². The van der Waals surface area contributed by atoms with Crippen molar-refractivity contribution in [2.45, 2.75) is 35.6 Å². The maximum absolute atomic E-state index is 12.1. The van der Waals surface area contributed by atoms with Crippen LogP contribution in [0.5, 0.6) is 0 Å². The molecular formula is C21H25Cl2N3OS. The fourth-order valence-corrected chi connectivity index (χ4v) is 5.19. The van der Waals surface area contributed by atoms with E-state index in [4.69, 9.17) is 11.6 Å². The van der Waals surface area contributed by atoms with E-state index in [-0.39, 0.29) is 24.4 Å². The van der Waals surface area contributed by atoms with Gasteiger partial charge in [0.15, 0.2) is 0 Å². The first kappa shape index (κ1) is 21.3. The maximum atomic E-state index is 12.1. The summed E-state index contributed by atoms with van der Waals surface area (Å²) >= 11 is 8.09. The van der Waals surface area contributed by atoms with Crippen molar-refractivity contribution in [2.75, 3.05) is 31.1 Å². The molecule has 4 nitrogen and oxygen atoms in total. The first-order valence-electron chi connectivity index (χ1n) is 9.53. The number of hydrogen-bond donors (Lipinski definition) is 1. The van der Waals surface area contributed by atoms with Gasteiger partial charge < -0.3 is 10.2 Å². The second kappa shape index (κ2) is 9.40. The molecule has 1 saturated heterocycles. The van der Waals surface area contributed by atoms with Crippen LogP contribution in [-0.2, 0) is 4.79 Å². The highest BCUT2D eigenvalue weighted by Crippen LogP contribution is 2.48. The monoisotopic (exact) mass is 437 g/mol. The Bertz CT molecular complexity index is 848. The lowest BCUT2D eigenvalue weighted by Gasteiger charge is -2.36. The van der Waals surface area contributed by atoms with Gasteiger partial charge in [-0.05, 0) is 43.2 Å². The zero-order chi connectivity index (χ0) is 18.8. The fraction of sp³-hybridized carbons (Fsp3) is 0.381. The Kier molecular flexibility index (Phi) is 7.15. The van der Waals surface area contributed by atoms with Crippen molar-refractivity contribution in [3.05, 3.63) is 47.5 Å². The van der Waals surface area contributed by atoms with Crippen LogP contribution in [0.4, 0.5) is 11.4 Å². The molecule has 0 aromatic heterocycles. The van der Waals surface area contributed by atoms with E-state index in [1.54, 1.807) is 11.8 Å². The minimum Gasteiger partial charge on any atom is -0.353 e. The molecule has 1 N–H and O–H groups in total. The van der Waals surface area contributed by atoms with Crippen LogP contribution in [0, 0.1) is 0 Å². The highest BCUT2D eigenvalue weighted by molar-refractivity contribution is 7.99. The molecule has 1 fully saturated rings. The molecule has 1 atom stereocenters. The highest BCUT2D eigenvalue weighted by atomic mass is 35.5. The second-order valence-corrected chi connectivity index (χ2v) is 8.46. The van der Waals surface area contributed by atoms with Crippen LogP contribution in [0.1, 0.15) is 19.8 Å². The molecule has 1 unspecified atom stereocenters. The van der Waals surface area contributed by atoms with Crippen molar-refractivity contribution >= 4 is 53.1 Å². The molecule has 1 amide bonds. The molecule has 0 aliphatic carbocycles. The fourth-order valence-electron chi connectivity index (χ4n) is 3.95. The smallest absolute Gasteiger partial charge is 0.237 e. The minimum absolute atomic E-state index is 0. The quantitative estimate of drug-likeness (QED) is 0.716. The van der Waals surface area contributed by atoms with E-state index in [9.17, 15) is 4.79 Å². The first-order chi connectivity index (χ1) is 13.2. The molecule has 7 heteroatoms. The van der Waals surface area contributed by atoms with Crippen molar-refractivity contribution in [1.29, 1.82) is 0 Å². The molecule has 0 saturated carbocycles. The lowest BCUT2D eigenvalue weighted by Crippen LogP contribution is -2.55. The average Bonchev–Trinajstić information content (AvgIpc) is 2.68. The Morgan fingerprint density at radius 2 is 1.93 bits per heavy atom. The lowest BCUT2D eigenvalue weighted by atomic mass is 10.1. The van der Waals surface area contributed by atoms with Gasteiger partial charge >= 0.3 is 0 Å². The number of anilines is 2. The van der Waals surface area contributed by atoms with Gasteiger partial charge in [-0.1, -0.05) is 42.4 Å². The third kappa shape index (κ3) is 4.28. The van der Waals surface area contributed by atoms with Gasteiger partial charge in [0.25, 0.3) is 0 Å². The predicted molar refractivity (Wildman–Crippen MR) is 120 cm³/mol. The molecule has 0 bridgehead atoms. The summed E-state index contributed by atoms with van der Waals surface area (Å²) in [5, 5.41) is 3.74. The molecule has 28 heavy (non-hydrogen) atoms. The Balaban J connectivity index is 0.00000225. The van der Waals surface area contributed by atoms with E-state index in [0.717, 1.165) is 44.0 Å². The number of halogens is 2. The predicted octanol–water partition coefficient (Wildman–Crippen LogP) is 4.97. The summed E-state index contributed by atoms with van der Waals surface area (Å²) in [7, 11) is 0. The Hall–Kier alpha value is -1.40. The molecule has 150 valence electrons. The summed E-state index contributed by atoms with van der Waals surface area (Å²) in [6.07, 6.45) is 1.85. The molecular weight excluding hydrogens is 413 g/mol. The van der Waals surface area contributed by atoms with Crippen molar-refractivity contribution in [3.63, 3.8) is 0 Å². The number of nitrogens with one attached hydrogen (secondary N) is 1. The van der Waals surface area contributed by atoms with Gasteiger partial charge in [0.05, 0.1) is 17.4 Å². The third-order valence-corrected chi connectivity index (χ3v) is 6.61. The van der Waals surface area contributed by atoms with Crippen molar-refractivity contribution in [1.82, 2.24) is 10.2 Å². The van der Waals surface area contributed by atoms with E-state index >= 15 is 0 Å². The van der Waals surface area contributed by atoms with E-state index < -0.39 is 0 Å². The molecule has 2 heterocycles. The van der Waals surface area contributed by atoms with Crippen LogP contribution in [0.25, 0.3) is 0 Å². The first-order valence-corrected chi connectivity index (χ1v) is 10.7. The number of fused-ring (bicyclic) bond motifs is 2. The Morgan fingerprint density at radius 3 is 2.75 bits per heavy atom. The van der Waals surface area contributed by atoms with Crippen molar-refractivity contribution in [3.8, 4) is 0 Å². The zero-order valence-corrected chi connectivity index (χ0v) is 18.2. The summed E-state index contributed by atoms with van der Waals surface area (Å²) in [4.78, 5) is 19.3. The molecule has 2 aromatic carbocycles. The van der Waals surface area contributed by atoms with Crippen LogP contribution in [0.15, 0.2) is 52.3 Å². The topological polar surface area (TPSA) is 35.6 Å². The zero-order valence-electron chi connectivity index (χ0n) is 15.9. The van der Waals surface area contributed by atoms with Gasteiger partial charge in [-0.3, -0.25) is 9.69 Å². The van der Waals surface area contributed by atoms with Gasteiger partial charge in [0, 0.05) is 41.0 Å². The second-order valence-electron chi connectivity index (χ2n) is 6.94. The van der Waals surface area contributed by atoms with E-state index in [0.29, 0.717) is 0 Å². The summed E-state index contributed by atoms with van der Waals surface area (Å²) < 4.78 is 0. The number of nitrogens with zero attached hydrogens (tertiary/aromatic N) is 2. The molecule has 0 spiro atoms. The number of benzene rings is 2. The van der Waals surface area contributed by atoms with Gasteiger partial charge in [-0.15, -0.1) is 12.4 Å². The third-order valence-electron chi connectivity index (χ3n) is 5.24. The Labute approximate surface area is 182 Å². The number of carbonyl (C=O) groups excluding carboxylic acids is 1. The largest absolute Gasteiger partial charge is 0.353 e. The SMILES string of the molecule is CCC1C(=O)NCCN1CCCN1c2ccccc2Sc2ccc(Cl)cc21.Cl. The number of hydrogen-bond acceptors (Lipinski definition) is 4. The number of para-hydroxylation sites is 1. The van der Waals surface area contributed by atoms with Crippen molar-refractivity contribution < 1.29 is 4.79 Å². The van der Waals surface area contributed by atoms with Crippen LogP contribution >= 0.6 is 35.8 Å². The minimum atomic E-state index is 0. The van der Waals surface area contributed by atoms with Crippen LogP contribution in [-0.4, -0.2) is 43.0 Å². The number of rotatable bonds is 5. The summed E-state index contributed by atoms with van der Waals surface area (Å²) in [6, 6.07) is 14.6. The van der Waals surface area contributed by atoms with Gasteiger partial charge in [0.2, 0.25) is 5.91 Å². The summed E-state index contributed by atoms with van der Waals surface area (Å²) in [6.45, 7) is 5.59. The van der Waals surface area contributed by atoms with Crippen molar-refractivity contribution in [2.24, 2.45) is 0 Å². The molecule has 2 aliphatic rings. The number of piperazine rings is 1. The van der Waals surface area contributed by atoms with Gasteiger partial charge in [0.1, 0.15) is 0 Å². The Morgan fingerprint density at radius 1 is 1.14 bits per heavy atom. The molecule has 4 rings (SSSR count). The van der Waals surface area contributed by atoms with Gasteiger partial charge in [-0.25, -0.2) is 0 Å². The lowest BCUT2D eigenvalue weighted by molar-refractivity contribution is -0.129. The molecule has 2 aliphatic heterocycles. The van der Waals surface area contributed by atoms with E-state index in [1.165, 1.54) is 21.2 Å². The number of amides is 1. The summed E-state index contributed by atoms with van der Waals surface area (Å²) in [5.41, 5.74) is 2.41. The normalized spacial score (nSPS) is 18.7. The number of carbonyl (C=O) groups is 1. The maximum Gasteiger partial charge on any atom is 0.237 e.